The summed E-state index contributed by atoms with van der Waals surface area (Å²) >= 11 is 6.05. The van der Waals surface area contributed by atoms with Crippen LogP contribution in [0.1, 0.15) is 47.1 Å². The van der Waals surface area contributed by atoms with Crippen molar-refractivity contribution in [3.8, 4) is 0 Å². The molecule has 0 saturated carbocycles. The first-order valence-corrected chi connectivity index (χ1v) is 7.75. The Morgan fingerprint density at radius 2 is 1.50 bits per heavy atom. The number of ketones is 2. The first-order valence-electron chi connectivity index (χ1n) is 7.37. The monoisotopic (exact) mass is 326 g/mol. The highest BCUT2D eigenvalue weighted by Crippen LogP contribution is 2.32. The maximum atomic E-state index is 14.0. The molecule has 1 rings (SSSR count). The second-order valence-corrected chi connectivity index (χ2v) is 8.09. The maximum Gasteiger partial charge on any atom is 0.148 e. The molecule has 0 radical (unpaired) electrons. The summed E-state index contributed by atoms with van der Waals surface area (Å²) in [6.45, 7) is 10.6. The van der Waals surface area contributed by atoms with E-state index < -0.39 is 22.6 Å². The standard InChI is InChI=1S/C18H24ClFO2/c1-17(2,3)15(21)12(16(22)18(4,5)6)10-11-13(19)8-7-9-14(11)20/h7-9,12H,10H2,1-6H3. The van der Waals surface area contributed by atoms with Crippen LogP contribution in [0.3, 0.4) is 0 Å². The lowest BCUT2D eigenvalue weighted by atomic mass is 9.72. The molecule has 0 unspecified atom stereocenters. The summed E-state index contributed by atoms with van der Waals surface area (Å²) in [6, 6.07) is 4.37. The summed E-state index contributed by atoms with van der Waals surface area (Å²) in [7, 11) is 0. The van der Waals surface area contributed by atoms with E-state index in [0.29, 0.717) is 0 Å². The lowest BCUT2D eigenvalue weighted by Crippen LogP contribution is -2.40. The van der Waals surface area contributed by atoms with Gasteiger partial charge in [-0.3, -0.25) is 9.59 Å². The summed E-state index contributed by atoms with van der Waals surface area (Å²) in [5, 5.41) is 0.244. The molecule has 0 aliphatic carbocycles. The second-order valence-electron chi connectivity index (χ2n) is 7.69. The highest BCUT2D eigenvalue weighted by Gasteiger charge is 2.39. The highest BCUT2D eigenvalue weighted by molar-refractivity contribution is 6.31. The zero-order valence-electron chi connectivity index (χ0n) is 14.1. The molecule has 0 N–H and O–H groups in total. The smallest absolute Gasteiger partial charge is 0.148 e. The molecule has 22 heavy (non-hydrogen) atoms. The van der Waals surface area contributed by atoms with Crippen molar-refractivity contribution >= 4 is 23.2 Å². The van der Waals surface area contributed by atoms with Gasteiger partial charge in [-0.2, -0.15) is 0 Å². The van der Waals surface area contributed by atoms with E-state index in [2.05, 4.69) is 0 Å². The lowest BCUT2D eigenvalue weighted by molar-refractivity contribution is -0.141. The van der Waals surface area contributed by atoms with Crippen molar-refractivity contribution in [3.63, 3.8) is 0 Å². The molecule has 0 amide bonds. The van der Waals surface area contributed by atoms with Crippen LogP contribution >= 0.6 is 11.6 Å². The normalized spacial score (nSPS) is 12.6. The van der Waals surface area contributed by atoms with Gasteiger partial charge in [0.1, 0.15) is 17.4 Å². The molecule has 4 heteroatoms. The van der Waals surface area contributed by atoms with Gasteiger partial charge in [-0.25, -0.2) is 4.39 Å². The van der Waals surface area contributed by atoms with Crippen molar-refractivity contribution in [2.45, 2.75) is 48.0 Å². The number of carbonyl (C=O) groups excluding carboxylic acids is 2. The molecular formula is C18H24ClFO2. The van der Waals surface area contributed by atoms with E-state index in [9.17, 15) is 14.0 Å². The Bertz CT molecular complexity index is 533. The predicted molar refractivity (Wildman–Crippen MR) is 87.5 cm³/mol. The molecule has 0 aliphatic rings. The molecule has 1 aromatic carbocycles. The number of halogens is 2. The fourth-order valence-electron chi connectivity index (χ4n) is 2.28. The topological polar surface area (TPSA) is 34.1 Å². The zero-order chi connectivity index (χ0) is 17.3. The van der Waals surface area contributed by atoms with Crippen LogP contribution in [0.25, 0.3) is 0 Å². The fourth-order valence-corrected chi connectivity index (χ4v) is 2.52. The summed E-state index contributed by atoms with van der Waals surface area (Å²) in [4.78, 5) is 25.4. The Morgan fingerprint density at radius 3 is 1.86 bits per heavy atom. The summed E-state index contributed by atoms with van der Waals surface area (Å²) in [6.07, 6.45) is -0.00227. The largest absolute Gasteiger partial charge is 0.298 e. The van der Waals surface area contributed by atoms with Crippen LogP contribution in [0.15, 0.2) is 18.2 Å². The quantitative estimate of drug-likeness (QED) is 0.740. The van der Waals surface area contributed by atoms with Crippen molar-refractivity contribution in [3.05, 3.63) is 34.6 Å². The first-order chi connectivity index (χ1) is 9.85. The molecule has 0 fully saturated rings. The van der Waals surface area contributed by atoms with Gasteiger partial charge in [-0.1, -0.05) is 59.2 Å². The van der Waals surface area contributed by atoms with E-state index in [0.717, 1.165) is 0 Å². The molecule has 0 atom stereocenters. The molecule has 2 nitrogen and oxygen atoms in total. The van der Waals surface area contributed by atoms with Crippen molar-refractivity contribution < 1.29 is 14.0 Å². The number of hydrogen-bond donors (Lipinski definition) is 0. The molecule has 0 aromatic heterocycles. The lowest BCUT2D eigenvalue weighted by Gasteiger charge is -2.29. The van der Waals surface area contributed by atoms with Crippen LogP contribution in [0, 0.1) is 22.6 Å². The van der Waals surface area contributed by atoms with E-state index >= 15 is 0 Å². The molecule has 0 saturated heterocycles. The van der Waals surface area contributed by atoms with Crippen LogP contribution in [-0.4, -0.2) is 11.6 Å². The van der Waals surface area contributed by atoms with Crippen LogP contribution in [-0.2, 0) is 16.0 Å². The van der Waals surface area contributed by atoms with Crippen molar-refractivity contribution in [1.29, 1.82) is 0 Å². The number of rotatable bonds is 4. The van der Waals surface area contributed by atoms with Gasteiger partial charge in [0.05, 0.1) is 5.92 Å². The van der Waals surface area contributed by atoms with E-state index in [1.165, 1.54) is 12.1 Å². The van der Waals surface area contributed by atoms with Gasteiger partial charge in [0.25, 0.3) is 0 Å². The van der Waals surface area contributed by atoms with Crippen molar-refractivity contribution in [2.75, 3.05) is 0 Å². The average Bonchev–Trinajstić information content (AvgIpc) is 2.35. The van der Waals surface area contributed by atoms with Gasteiger partial charge >= 0.3 is 0 Å². The van der Waals surface area contributed by atoms with E-state index in [1.54, 1.807) is 47.6 Å². The SMILES string of the molecule is CC(C)(C)C(=O)C(Cc1c(F)cccc1Cl)C(=O)C(C)(C)C. The third-order valence-corrected chi connectivity index (χ3v) is 3.94. The summed E-state index contributed by atoms with van der Waals surface area (Å²) < 4.78 is 14.0. The van der Waals surface area contributed by atoms with E-state index in [4.69, 9.17) is 11.6 Å². The summed E-state index contributed by atoms with van der Waals surface area (Å²) in [5.74, 6) is -1.76. The summed E-state index contributed by atoms with van der Waals surface area (Å²) in [5.41, 5.74) is -1.13. The Balaban J connectivity index is 3.28. The molecule has 1 aromatic rings. The van der Waals surface area contributed by atoms with Gasteiger partial charge in [0, 0.05) is 21.4 Å². The first kappa shape index (κ1) is 18.8. The van der Waals surface area contributed by atoms with Crippen LogP contribution in [0.5, 0.6) is 0 Å². The van der Waals surface area contributed by atoms with Crippen LogP contribution in [0.4, 0.5) is 4.39 Å². The van der Waals surface area contributed by atoms with Gasteiger partial charge in [-0.15, -0.1) is 0 Å². The van der Waals surface area contributed by atoms with Gasteiger partial charge in [0.2, 0.25) is 0 Å². The second kappa shape index (κ2) is 6.49. The van der Waals surface area contributed by atoms with Gasteiger partial charge < -0.3 is 0 Å². The molecule has 0 spiro atoms. The number of carbonyl (C=O) groups is 2. The minimum Gasteiger partial charge on any atom is -0.298 e. The average molecular weight is 327 g/mol. The Labute approximate surface area is 137 Å². The van der Waals surface area contributed by atoms with Crippen molar-refractivity contribution in [2.24, 2.45) is 16.7 Å². The number of Topliss-reactive ketones (excluding diaryl/α,β-unsaturated/α-hetero) is 2. The maximum absolute atomic E-state index is 14.0. The van der Waals surface area contributed by atoms with Crippen molar-refractivity contribution in [1.82, 2.24) is 0 Å². The predicted octanol–water partition coefficient (Wildman–Crippen LogP) is 4.87. The van der Waals surface area contributed by atoms with E-state index in [1.807, 2.05) is 0 Å². The Morgan fingerprint density at radius 1 is 1.05 bits per heavy atom. The van der Waals surface area contributed by atoms with Gasteiger partial charge in [0.15, 0.2) is 0 Å². The van der Waals surface area contributed by atoms with Crippen LogP contribution in [0.2, 0.25) is 5.02 Å². The Hall–Kier alpha value is -1.22. The zero-order valence-corrected chi connectivity index (χ0v) is 14.8. The van der Waals surface area contributed by atoms with E-state index in [-0.39, 0.29) is 28.6 Å². The minimum atomic E-state index is -0.894. The third-order valence-electron chi connectivity index (χ3n) is 3.58. The highest BCUT2D eigenvalue weighted by atomic mass is 35.5. The molecule has 0 aliphatic heterocycles. The molecular weight excluding hydrogens is 303 g/mol. The number of hydrogen-bond acceptors (Lipinski definition) is 2. The third kappa shape index (κ3) is 4.39. The van der Waals surface area contributed by atoms with Crippen LogP contribution < -0.4 is 0 Å². The minimum absolute atomic E-state index is 0.00227. The molecule has 0 heterocycles. The Kier molecular flexibility index (Phi) is 5.56. The molecule has 0 bridgehead atoms. The number of benzene rings is 1. The van der Waals surface area contributed by atoms with Gasteiger partial charge in [-0.05, 0) is 18.6 Å². The molecule has 122 valence electrons. The fraction of sp³-hybridized carbons (Fsp3) is 0.556.